The Bertz CT molecular complexity index is 610. The average molecular weight is 282 g/mol. The molecule has 0 aromatic heterocycles. The standard InChI is InChI=1S/C18H22N2O/c1-4-18(3,15-11-6-5-7-12-15)20-17(21)19-16-13-9-8-10-14(16)2/h5-13H,4H2,1-3H3,(H2,19,20,21). The highest BCUT2D eigenvalue weighted by molar-refractivity contribution is 5.90. The fourth-order valence-corrected chi connectivity index (χ4v) is 2.29. The van der Waals surface area contributed by atoms with Gasteiger partial charge in [-0.05, 0) is 37.5 Å². The van der Waals surface area contributed by atoms with E-state index < -0.39 is 0 Å². The second-order valence-electron chi connectivity index (χ2n) is 5.45. The van der Waals surface area contributed by atoms with Crippen molar-refractivity contribution in [3.63, 3.8) is 0 Å². The second kappa shape index (κ2) is 6.44. The molecule has 0 radical (unpaired) electrons. The molecule has 2 aromatic rings. The number of rotatable bonds is 4. The van der Waals surface area contributed by atoms with Crippen molar-refractivity contribution in [1.82, 2.24) is 5.32 Å². The number of nitrogens with one attached hydrogen (secondary N) is 2. The predicted octanol–water partition coefficient (Wildman–Crippen LogP) is 4.44. The Morgan fingerprint density at radius 2 is 1.67 bits per heavy atom. The first-order valence-electron chi connectivity index (χ1n) is 7.25. The molecule has 0 saturated heterocycles. The molecule has 0 saturated carbocycles. The first-order valence-corrected chi connectivity index (χ1v) is 7.25. The van der Waals surface area contributed by atoms with Gasteiger partial charge in [-0.15, -0.1) is 0 Å². The van der Waals surface area contributed by atoms with Gasteiger partial charge in [-0.1, -0.05) is 55.5 Å². The van der Waals surface area contributed by atoms with Crippen LogP contribution in [0.1, 0.15) is 31.4 Å². The molecule has 2 N–H and O–H groups in total. The summed E-state index contributed by atoms with van der Waals surface area (Å²) < 4.78 is 0. The van der Waals surface area contributed by atoms with Gasteiger partial charge in [0.2, 0.25) is 0 Å². The zero-order chi connectivity index (χ0) is 15.3. The number of amides is 2. The number of urea groups is 1. The lowest BCUT2D eigenvalue weighted by Gasteiger charge is -2.30. The zero-order valence-electron chi connectivity index (χ0n) is 12.8. The Morgan fingerprint density at radius 3 is 2.29 bits per heavy atom. The summed E-state index contributed by atoms with van der Waals surface area (Å²) in [5, 5.41) is 6.00. The van der Waals surface area contributed by atoms with Crippen molar-refractivity contribution in [2.45, 2.75) is 32.7 Å². The summed E-state index contributed by atoms with van der Waals surface area (Å²) in [7, 11) is 0. The van der Waals surface area contributed by atoms with Crippen LogP contribution in [0.3, 0.4) is 0 Å². The van der Waals surface area contributed by atoms with Crippen LogP contribution in [0.4, 0.5) is 10.5 Å². The van der Waals surface area contributed by atoms with Crippen LogP contribution in [0, 0.1) is 6.92 Å². The Labute approximate surface area is 126 Å². The van der Waals surface area contributed by atoms with Gasteiger partial charge in [0, 0.05) is 5.69 Å². The summed E-state index contributed by atoms with van der Waals surface area (Å²) in [6.07, 6.45) is 0.818. The Hall–Kier alpha value is -2.29. The lowest BCUT2D eigenvalue weighted by Crippen LogP contribution is -2.45. The van der Waals surface area contributed by atoms with Gasteiger partial charge in [0.25, 0.3) is 0 Å². The van der Waals surface area contributed by atoms with Crippen molar-refractivity contribution < 1.29 is 4.79 Å². The van der Waals surface area contributed by atoms with Crippen LogP contribution in [-0.2, 0) is 5.54 Å². The van der Waals surface area contributed by atoms with Crippen LogP contribution < -0.4 is 10.6 Å². The van der Waals surface area contributed by atoms with E-state index in [-0.39, 0.29) is 11.6 Å². The monoisotopic (exact) mass is 282 g/mol. The van der Waals surface area contributed by atoms with Crippen LogP contribution in [-0.4, -0.2) is 6.03 Å². The van der Waals surface area contributed by atoms with Gasteiger partial charge in [-0.25, -0.2) is 4.79 Å². The highest BCUT2D eigenvalue weighted by Gasteiger charge is 2.26. The Kier molecular flexibility index (Phi) is 4.63. The molecule has 2 aromatic carbocycles. The molecule has 0 spiro atoms. The van der Waals surface area contributed by atoms with Gasteiger partial charge < -0.3 is 10.6 Å². The third-order valence-corrected chi connectivity index (χ3v) is 3.90. The molecule has 110 valence electrons. The Morgan fingerprint density at radius 1 is 1.05 bits per heavy atom. The molecule has 0 aliphatic heterocycles. The van der Waals surface area contributed by atoms with Crippen molar-refractivity contribution in [3.8, 4) is 0 Å². The van der Waals surface area contributed by atoms with Crippen molar-refractivity contribution in [2.24, 2.45) is 0 Å². The molecule has 1 atom stereocenters. The maximum atomic E-state index is 12.3. The van der Waals surface area contributed by atoms with Crippen LogP contribution in [0.5, 0.6) is 0 Å². The van der Waals surface area contributed by atoms with E-state index >= 15 is 0 Å². The topological polar surface area (TPSA) is 41.1 Å². The molecular formula is C18H22N2O. The molecule has 3 heteroatoms. The fourth-order valence-electron chi connectivity index (χ4n) is 2.29. The smallest absolute Gasteiger partial charge is 0.319 e. The van der Waals surface area contributed by atoms with E-state index in [0.29, 0.717) is 0 Å². The van der Waals surface area contributed by atoms with E-state index in [2.05, 4.69) is 17.6 Å². The maximum Gasteiger partial charge on any atom is 0.319 e. The van der Waals surface area contributed by atoms with Gasteiger partial charge in [-0.2, -0.15) is 0 Å². The maximum absolute atomic E-state index is 12.3. The highest BCUT2D eigenvalue weighted by atomic mass is 16.2. The summed E-state index contributed by atoms with van der Waals surface area (Å²) in [5.74, 6) is 0. The lowest BCUT2D eigenvalue weighted by molar-refractivity contribution is 0.238. The summed E-state index contributed by atoms with van der Waals surface area (Å²) in [6, 6.07) is 17.6. The first-order chi connectivity index (χ1) is 10.0. The quantitative estimate of drug-likeness (QED) is 0.855. The van der Waals surface area contributed by atoms with E-state index in [9.17, 15) is 4.79 Å². The van der Waals surface area contributed by atoms with Gasteiger partial charge in [0.15, 0.2) is 0 Å². The van der Waals surface area contributed by atoms with Crippen LogP contribution in [0.15, 0.2) is 54.6 Å². The minimum absolute atomic E-state index is 0.183. The van der Waals surface area contributed by atoms with Gasteiger partial charge in [0.05, 0.1) is 5.54 Å². The largest absolute Gasteiger partial charge is 0.329 e. The molecule has 2 rings (SSSR count). The second-order valence-corrected chi connectivity index (χ2v) is 5.45. The van der Waals surface area contributed by atoms with Crippen LogP contribution >= 0.6 is 0 Å². The summed E-state index contributed by atoms with van der Waals surface area (Å²) in [6.45, 7) is 6.09. The molecule has 0 fully saturated rings. The summed E-state index contributed by atoms with van der Waals surface area (Å²) in [5.41, 5.74) is 2.60. The molecular weight excluding hydrogens is 260 g/mol. The van der Waals surface area contributed by atoms with Gasteiger partial charge in [0.1, 0.15) is 0 Å². The number of hydrogen-bond donors (Lipinski definition) is 2. The number of anilines is 1. The third kappa shape index (κ3) is 3.63. The van der Waals surface area contributed by atoms with Gasteiger partial charge in [-0.3, -0.25) is 0 Å². The molecule has 3 nitrogen and oxygen atoms in total. The minimum atomic E-state index is -0.381. The van der Waals surface area contributed by atoms with Crippen molar-refractivity contribution in [1.29, 1.82) is 0 Å². The minimum Gasteiger partial charge on any atom is -0.329 e. The number of carbonyl (C=O) groups excluding carboxylic acids is 1. The molecule has 0 bridgehead atoms. The van der Waals surface area contributed by atoms with Crippen LogP contribution in [0.25, 0.3) is 0 Å². The molecule has 0 heterocycles. The number of carbonyl (C=O) groups is 1. The van der Waals surface area contributed by atoms with Crippen molar-refractivity contribution in [2.75, 3.05) is 5.32 Å². The zero-order valence-corrected chi connectivity index (χ0v) is 12.8. The third-order valence-electron chi connectivity index (χ3n) is 3.90. The molecule has 1 unspecified atom stereocenters. The molecule has 21 heavy (non-hydrogen) atoms. The van der Waals surface area contributed by atoms with E-state index in [0.717, 1.165) is 23.2 Å². The number of benzene rings is 2. The number of aryl methyl sites for hydroxylation is 1. The first kappa shape index (κ1) is 15.1. The predicted molar refractivity (Wildman–Crippen MR) is 87.4 cm³/mol. The van der Waals surface area contributed by atoms with E-state index in [1.54, 1.807) is 0 Å². The lowest BCUT2D eigenvalue weighted by atomic mass is 9.89. The van der Waals surface area contributed by atoms with Crippen LogP contribution in [0.2, 0.25) is 0 Å². The Balaban J connectivity index is 2.12. The normalized spacial score (nSPS) is 13.3. The summed E-state index contributed by atoms with van der Waals surface area (Å²) >= 11 is 0. The van der Waals surface area contributed by atoms with Crippen molar-refractivity contribution in [3.05, 3.63) is 65.7 Å². The number of hydrogen-bond acceptors (Lipinski definition) is 1. The highest BCUT2D eigenvalue weighted by Crippen LogP contribution is 2.24. The van der Waals surface area contributed by atoms with E-state index in [1.807, 2.05) is 68.4 Å². The fraction of sp³-hybridized carbons (Fsp3) is 0.278. The average Bonchev–Trinajstić information content (AvgIpc) is 2.50. The molecule has 0 aliphatic rings. The molecule has 0 aliphatic carbocycles. The van der Waals surface area contributed by atoms with E-state index in [4.69, 9.17) is 0 Å². The number of para-hydroxylation sites is 1. The van der Waals surface area contributed by atoms with Gasteiger partial charge >= 0.3 is 6.03 Å². The summed E-state index contributed by atoms with van der Waals surface area (Å²) in [4.78, 5) is 12.3. The van der Waals surface area contributed by atoms with Crippen molar-refractivity contribution >= 4 is 11.7 Å². The molecule has 2 amide bonds. The van der Waals surface area contributed by atoms with E-state index in [1.165, 1.54) is 0 Å². The SMILES string of the molecule is CCC(C)(NC(=O)Nc1ccccc1C)c1ccccc1.